The number of nitrogens with zero attached hydrogens (tertiary/aromatic N) is 3. The van der Waals surface area contributed by atoms with Crippen LogP contribution in [0, 0.1) is 13.8 Å². The summed E-state index contributed by atoms with van der Waals surface area (Å²) in [5, 5.41) is 7.36. The van der Waals surface area contributed by atoms with Crippen molar-refractivity contribution in [2.75, 3.05) is 26.7 Å². The monoisotopic (exact) mass is 490 g/mol. The molecule has 0 bridgehead atoms. The van der Waals surface area contributed by atoms with Gasteiger partial charge in [-0.1, -0.05) is 12.1 Å². The molecule has 0 aliphatic carbocycles. The van der Waals surface area contributed by atoms with Gasteiger partial charge in [0.2, 0.25) is 0 Å². The van der Waals surface area contributed by atoms with E-state index in [1.165, 1.54) is 0 Å². The van der Waals surface area contributed by atoms with Gasteiger partial charge >= 0.3 is 0 Å². The quantitative estimate of drug-likeness (QED) is 0.378. The topological polar surface area (TPSA) is 76.5 Å². The minimum atomic E-state index is -0.159. The molecule has 1 N–H and O–H groups in total. The van der Waals surface area contributed by atoms with Crippen LogP contribution in [0.2, 0.25) is 0 Å². The number of benzene rings is 2. The number of rotatable bonds is 9. The Kier molecular flexibility index (Phi) is 7.63. The van der Waals surface area contributed by atoms with Crippen molar-refractivity contribution in [3.8, 4) is 11.4 Å². The average molecular weight is 491 g/mol. The lowest BCUT2D eigenvalue weighted by molar-refractivity contribution is 0.0956. The predicted octanol–water partition coefficient (Wildman–Crippen LogP) is 4.32. The zero-order valence-electron chi connectivity index (χ0n) is 20.5. The maximum absolute atomic E-state index is 13.4. The number of pyridine rings is 1. The first-order chi connectivity index (χ1) is 16.9. The van der Waals surface area contributed by atoms with Crippen molar-refractivity contribution in [1.29, 1.82) is 0 Å². The van der Waals surface area contributed by atoms with Gasteiger partial charge in [-0.2, -0.15) is 0 Å². The van der Waals surface area contributed by atoms with Gasteiger partial charge in [0.1, 0.15) is 12.4 Å². The molecule has 8 heteroatoms. The molecule has 2 aromatic heterocycles. The summed E-state index contributed by atoms with van der Waals surface area (Å²) in [4.78, 5) is 32.4. The number of aromatic nitrogens is 2. The highest BCUT2D eigenvalue weighted by atomic mass is 32.1. The minimum Gasteiger partial charge on any atom is -0.492 e. The molecule has 2 heterocycles. The van der Waals surface area contributed by atoms with Gasteiger partial charge < -0.3 is 10.1 Å². The Bertz CT molecular complexity index is 1410. The Morgan fingerprint density at radius 1 is 1.17 bits per heavy atom. The molecule has 4 aromatic rings. The van der Waals surface area contributed by atoms with Crippen LogP contribution in [0.1, 0.15) is 33.5 Å². The fourth-order valence-corrected chi connectivity index (χ4v) is 4.53. The summed E-state index contributed by atoms with van der Waals surface area (Å²) in [7, 11) is 2.04. The van der Waals surface area contributed by atoms with Crippen LogP contribution >= 0.6 is 11.3 Å². The lowest BCUT2D eigenvalue weighted by Gasteiger charge is -2.16. The Hall–Kier alpha value is -3.49. The number of carbonyl (C=O) groups excluding carboxylic acids is 1. The van der Waals surface area contributed by atoms with Crippen molar-refractivity contribution in [2.24, 2.45) is 0 Å². The Labute approximate surface area is 209 Å². The second-order valence-corrected chi connectivity index (χ2v) is 9.61. The van der Waals surface area contributed by atoms with Gasteiger partial charge in [0, 0.05) is 36.8 Å². The van der Waals surface area contributed by atoms with E-state index in [9.17, 15) is 9.59 Å². The molecule has 0 fully saturated rings. The third-order valence-electron chi connectivity index (χ3n) is 5.79. The summed E-state index contributed by atoms with van der Waals surface area (Å²) in [5.41, 5.74) is 3.03. The molecule has 1 amide bonds. The van der Waals surface area contributed by atoms with E-state index in [-0.39, 0.29) is 11.5 Å². The van der Waals surface area contributed by atoms with Crippen molar-refractivity contribution in [3.63, 3.8) is 0 Å². The molecular formula is C27H30N4O3S. The standard InChI is InChI=1S/C27H30N4O3S/c1-5-28-26(32)21-7-6-18(2)25(14-21)31-11-10-20-8-9-23(15-24(20)27(31)33)34-13-12-30(4)16-22-17-35-19(3)29-22/h6-11,14-15,17H,5,12-13,16H2,1-4H3,(H,28,32). The second kappa shape index (κ2) is 10.8. The number of nitrogens with one attached hydrogen (secondary N) is 1. The van der Waals surface area contributed by atoms with Crippen LogP contribution in [-0.4, -0.2) is 47.1 Å². The molecule has 0 radical (unpaired) electrons. The summed E-state index contributed by atoms with van der Waals surface area (Å²) in [6.07, 6.45) is 1.75. The average Bonchev–Trinajstić information content (AvgIpc) is 3.24. The number of hydrogen-bond acceptors (Lipinski definition) is 6. The second-order valence-electron chi connectivity index (χ2n) is 8.54. The smallest absolute Gasteiger partial charge is 0.263 e. The number of ether oxygens (including phenoxy) is 1. The van der Waals surface area contributed by atoms with E-state index in [1.54, 1.807) is 40.3 Å². The van der Waals surface area contributed by atoms with Crippen molar-refractivity contribution in [1.82, 2.24) is 19.8 Å². The molecule has 0 spiro atoms. The van der Waals surface area contributed by atoms with Crippen LogP contribution in [-0.2, 0) is 6.54 Å². The molecule has 2 aromatic carbocycles. The molecule has 4 rings (SSSR count). The number of aryl methyl sites for hydroxylation is 2. The molecule has 0 saturated carbocycles. The van der Waals surface area contributed by atoms with Crippen LogP contribution in [0.3, 0.4) is 0 Å². The maximum Gasteiger partial charge on any atom is 0.263 e. The highest BCUT2D eigenvalue weighted by molar-refractivity contribution is 7.09. The third kappa shape index (κ3) is 5.78. The number of likely N-dealkylation sites (N-methyl/N-ethyl adjacent to an activating group) is 1. The fourth-order valence-electron chi connectivity index (χ4n) is 3.93. The van der Waals surface area contributed by atoms with E-state index < -0.39 is 0 Å². The lowest BCUT2D eigenvalue weighted by atomic mass is 10.1. The largest absolute Gasteiger partial charge is 0.492 e. The zero-order chi connectivity index (χ0) is 24.9. The first kappa shape index (κ1) is 24.6. The molecule has 7 nitrogen and oxygen atoms in total. The van der Waals surface area contributed by atoms with E-state index in [4.69, 9.17) is 4.74 Å². The van der Waals surface area contributed by atoms with E-state index >= 15 is 0 Å². The molecule has 0 unspecified atom stereocenters. The van der Waals surface area contributed by atoms with Crippen molar-refractivity contribution >= 4 is 28.0 Å². The van der Waals surface area contributed by atoms with Crippen LogP contribution in [0.25, 0.3) is 16.5 Å². The van der Waals surface area contributed by atoms with Crippen molar-refractivity contribution < 1.29 is 9.53 Å². The first-order valence-electron chi connectivity index (χ1n) is 11.6. The van der Waals surface area contributed by atoms with Crippen LogP contribution in [0.5, 0.6) is 5.75 Å². The summed E-state index contributed by atoms with van der Waals surface area (Å²) in [5.74, 6) is 0.492. The van der Waals surface area contributed by atoms with Crippen LogP contribution in [0.4, 0.5) is 0 Å². The first-order valence-corrected chi connectivity index (χ1v) is 12.5. The minimum absolute atomic E-state index is 0.153. The van der Waals surface area contributed by atoms with E-state index in [0.717, 1.165) is 34.7 Å². The summed E-state index contributed by atoms with van der Waals surface area (Å²) in [6.45, 7) is 8.36. The third-order valence-corrected chi connectivity index (χ3v) is 6.61. The van der Waals surface area contributed by atoms with Gasteiger partial charge in [0.25, 0.3) is 11.5 Å². The maximum atomic E-state index is 13.4. The Morgan fingerprint density at radius 2 is 2.00 bits per heavy atom. The molecule has 35 heavy (non-hydrogen) atoms. The van der Waals surface area contributed by atoms with Gasteiger partial charge in [-0.3, -0.25) is 19.1 Å². The number of thiazole rings is 1. The van der Waals surface area contributed by atoms with Gasteiger partial charge in [-0.25, -0.2) is 4.98 Å². The van der Waals surface area contributed by atoms with E-state index in [0.29, 0.717) is 35.5 Å². The number of carbonyl (C=O) groups is 1. The highest BCUT2D eigenvalue weighted by Gasteiger charge is 2.12. The normalized spacial score (nSPS) is 11.2. The molecule has 0 saturated heterocycles. The van der Waals surface area contributed by atoms with Gasteiger partial charge in [0.05, 0.1) is 21.8 Å². The molecule has 0 aliphatic heterocycles. The van der Waals surface area contributed by atoms with E-state index in [2.05, 4.69) is 20.6 Å². The van der Waals surface area contributed by atoms with Gasteiger partial charge in [-0.05, 0) is 69.1 Å². The number of fused-ring (bicyclic) bond motifs is 1. The van der Waals surface area contributed by atoms with E-state index in [1.807, 2.05) is 52.1 Å². The highest BCUT2D eigenvalue weighted by Crippen LogP contribution is 2.21. The molecule has 182 valence electrons. The summed E-state index contributed by atoms with van der Waals surface area (Å²) in [6, 6.07) is 12.9. The zero-order valence-corrected chi connectivity index (χ0v) is 21.3. The molecule has 0 atom stereocenters. The Balaban J connectivity index is 1.53. The fraction of sp³-hybridized carbons (Fsp3) is 0.296. The molecule has 0 aliphatic rings. The van der Waals surface area contributed by atoms with Crippen molar-refractivity contribution in [2.45, 2.75) is 27.3 Å². The van der Waals surface area contributed by atoms with Crippen LogP contribution < -0.4 is 15.6 Å². The number of amides is 1. The SMILES string of the molecule is CCNC(=O)c1ccc(C)c(-n2ccc3ccc(OCCN(C)Cc4csc(C)n4)cc3c2=O)c1. The number of hydrogen-bond donors (Lipinski definition) is 1. The predicted molar refractivity (Wildman–Crippen MR) is 141 cm³/mol. The Morgan fingerprint density at radius 3 is 2.74 bits per heavy atom. The summed E-state index contributed by atoms with van der Waals surface area (Å²) >= 11 is 1.65. The van der Waals surface area contributed by atoms with Gasteiger partial charge in [0.15, 0.2) is 0 Å². The van der Waals surface area contributed by atoms with Gasteiger partial charge in [-0.15, -0.1) is 11.3 Å². The lowest BCUT2D eigenvalue weighted by Crippen LogP contribution is -2.24. The molecular weight excluding hydrogens is 460 g/mol. The van der Waals surface area contributed by atoms with Crippen molar-refractivity contribution in [3.05, 3.63) is 86.2 Å². The summed E-state index contributed by atoms with van der Waals surface area (Å²) < 4.78 is 7.56. The van der Waals surface area contributed by atoms with Crippen LogP contribution in [0.15, 0.2) is 58.8 Å².